The highest BCUT2D eigenvalue weighted by molar-refractivity contribution is 4.88. The van der Waals surface area contributed by atoms with Gasteiger partial charge in [0.2, 0.25) is 0 Å². The topological polar surface area (TPSA) is 23.5 Å². The summed E-state index contributed by atoms with van der Waals surface area (Å²) in [4.78, 5) is 2.28. The van der Waals surface area contributed by atoms with E-state index in [1.54, 1.807) is 0 Å². The van der Waals surface area contributed by atoms with Crippen LogP contribution in [0.4, 0.5) is 0 Å². The second-order valence-electron chi connectivity index (χ2n) is 4.06. The molecule has 0 bridgehead atoms. The average Bonchev–Trinajstić information content (AvgIpc) is 1.81. The zero-order valence-electron chi connectivity index (χ0n) is 7.09. The Hall–Kier alpha value is -0.0800. The van der Waals surface area contributed by atoms with E-state index in [0.717, 1.165) is 13.1 Å². The minimum atomic E-state index is 0.131. The van der Waals surface area contributed by atoms with Gasteiger partial charge in [-0.25, -0.2) is 0 Å². The van der Waals surface area contributed by atoms with Gasteiger partial charge in [0.15, 0.2) is 0 Å². The van der Waals surface area contributed by atoms with Gasteiger partial charge in [-0.1, -0.05) is 13.8 Å². The molecule has 0 aliphatic carbocycles. The van der Waals surface area contributed by atoms with E-state index in [9.17, 15) is 0 Å². The van der Waals surface area contributed by atoms with E-state index >= 15 is 0 Å². The normalized spacial score (nSPS) is 22.8. The van der Waals surface area contributed by atoms with Crippen molar-refractivity contribution in [2.24, 2.45) is 11.3 Å². The lowest BCUT2D eigenvalue weighted by Crippen LogP contribution is -2.51. The zero-order valence-corrected chi connectivity index (χ0v) is 7.09. The number of likely N-dealkylation sites (tertiary alicyclic amines) is 1. The SMILES string of the molecule is CN1CC(C(C)(C)CO)C1. The molecular formula is C8H17NO. The summed E-state index contributed by atoms with van der Waals surface area (Å²) in [6, 6.07) is 0. The Morgan fingerprint density at radius 1 is 1.50 bits per heavy atom. The smallest absolute Gasteiger partial charge is 0.0485 e. The maximum atomic E-state index is 9.00. The first kappa shape index (κ1) is 8.02. The molecule has 1 saturated heterocycles. The lowest BCUT2D eigenvalue weighted by molar-refractivity contribution is -0.00127. The molecule has 10 heavy (non-hydrogen) atoms. The Labute approximate surface area is 62.8 Å². The summed E-state index contributed by atoms with van der Waals surface area (Å²) in [6.45, 7) is 6.86. The van der Waals surface area contributed by atoms with E-state index in [0.29, 0.717) is 12.5 Å². The number of nitrogens with zero attached hydrogens (tertiary/aromatic N) is 1. The van der Waals surface area contributed by atoms with Crippen molar-refractivity contribution in [2.45, 2.75) is 13.8 Å². The van der Waals surface area contributed by atoms with Crippen molar-refractivity contribution in [1.29, 1.82) is 0 Å². The molecule has 0 aromatic carbocycles. The van der Waals surface area contributed by atoms with Crippen molar-refractivity contribution in [3.8, 4) is 0 Å². The molecule has 60 valence electrons. The maximum Gasteiger partial charge on any atom is 0.0485 e. The molecule has 2 heteroatoms. The Morgan fingerprint density at radius 3 is 2.30 bits per heavy atom. The van der Waals surface area contributed by atoms with Crippen LogP contribution in [0.2, 0.25) is 0 Å². The van der Waals surface area contributed by atoms with Gasteiger partial charge in [-0.3, -0.25) is 0 Å². The number of aliphatic hydroxyl groups is 1. The Morgan fingerprint density at radius 2 is 2.00 bits per heavy atom. The molecule has 0 radical (unpaired) electrons. The lowest BCUT2D eigenvalue weighted by Gasteiger charge is -2.45. The molecule has 0 spiro atoms. The molecule has 1 aliphatic heterocycles. The van der Waals surface area contributed by atoms with Crippen molar-refractivity contribution in [3.63, 3.8) is 0 Å². The second-order valence-corrected chi connectivity index (χ2v) is 4.06. The Bertz CT molecular complexity index is 116. The van der Waals surface area contributed by atoms with E-state index < -0.39 is 0 Å². The Balaban J connectivity index is 2.36. The van der Waals surface area contributed by atoms with Crippen LogP contribution in [0.3, 0.4) is 0 Å². The van der Waals surface area contributed by atoms with Crippen molar-refractivity contribution in [2.75, 3.05) is 26.7 Å². The summed E-state index contributed by atoms with van der Waals surface area (Å²) in [5, 5.41) is 9.00. The van der Waals surface area contributed by atoms with Gasteiger partial charge in [0.25, 0.3) is 0 Å². The van der Waals surface area contributed by atoms with E-state index in [1.807, 2.05) is 0 Å². The molecule has 2 nitrogen and oxygen atoms in total. The van der Waals surface area contributed by atoms with Crippen molar-refractivity contribution >= 4 is 0 Å². The van der Waals surface area contributed by atoms with E-state index in [-0.39, 0.29) is 5.41 Å². The largest absolute Gasteiger partial charge is 0.396 e. The number of aliphatic hydroxyl groups excluding tert-OH is 1. The molecule has 1 N–H and O–H groups in total. The first-order valence-electron chi connectivity index (χ1n) is 3.85. The third kappa shape index (κ3) is 1.32. The summed E-state index contributed by atoms with van der Waals surface area (Å²) >= 11 is 0. The first-order chi connectivity index (χ1) is 4.56. The Kier molecular flexibility index (Phi) is 2.02. The standard InChI is InChI=1S/C8H17NO/c1-8(2,6-10)7-4-9(3)5-7/h7,10H,4-6H2,1-3H3. The highest BCUT2D eigenvalue weighted by Crippen LogP contribution is 2.32. The van der Waals surface area contributed by atoms with Gasteiger partial charge in [-0.15, -0.1) is 0 Å². The van der Waals surface area contributed by atoms with Crippen molar-refractivity contribution in [3.05, 3.63) is 0 Å². The van der Waals surface area contributed by atoms with Crippen LogP contribution < -0.4 is 0 Å². The zero-order chi connectivity index (χ0) is 7.78. The second kappa shape index (κ2) is 2.51. The molecule has 1 rings (SSSR count). The fraction of sp³-hybridized carbons (Fsp3) is 1.00. The predicted molar refractivity (Wildman–Crippen MR) is 41.9 cm³/mol. The summed E-state index contributed by atoms with van der Waals surface area (Å²) in [5.74, 6) is 0.697. The fourth-order valence-electron chi connectivity index (χ4n) is 1.32. The fourth-order valence-corrected chi connectivity index (χ4v) is 1.32. The first-order valence-corrected chi connectivity index (χ1v) is 3.85. The molecule has 1 aliphatic rings. The molecule has 0 aromatic rings. The van der Waals surface area contributed by atoms with Crippen LogP contribution in [0.25, 0.3) is 0 Å². The van der Waals surface area contributed by atoms with Crippen LogP contribution in [0.5, 0.6) is 0 Å². The van der Waals surface area contributed by atoms with Gasteiger partial charge in [0.05, 0.1) is 0 Å². The molecule has 0 atom stereocenters. The molecule has 0 amide bonds. The van der Waals surface area contributed by atoms with E-state index in [4.69, 9.17) is 5.11 Å². The third-order valence-electron chi connectivity index (χ3n) is 2.58. The third-order valence-corrected chi connectivity index (χ3v) is 2.58. The number of rotatable bonds is 2. The molecule has 0 unspecified atom stereocenters. The van der Waals surface area contributed by atoms with Gasteiger partial charge in [0.1, 0.15) is 0 Å². The molecule has 1 heterocycles. The summed E-state index contributed by atoms with van der Waals surface area (Å²) < 4.78 is 0. The maximum absolute atomic E-state index is 9.00. The molecule has 0 aromatic heterocycles. The highest BCUT2D eigenvalue weighted by atomic mass is 16.3. The van der Waals surface area contributed by atoms with Gasteiger partial charge in [-0.2, -0.15) is 0 Å². The van der Waals surface area contributed by atoms with Gasteiger partial charge < -0.3 is 10.0 Å². The monoisotopic (exact) mass is 143 g/mol. The van der Waals surface area contributed by atoms with E-state index in [1.165, 1.54) is 0 Å². The molecule has 0 saturated carbocycles. The summed E-state index contributed by atoms with van der Waals surface area (Å²) in [5.41, 5.74) is 0.131. The van der Waals surface area contributed by atoms with Crippen LogP contribution in [0.1, 0.15) is 13.8 Å². The lowest BCUT2D eigenvalue weighted by atomic mass is 9.75. The quantitative estimate of drug-likeness (QED) is 0.611. The molecular weight excluding hydrogens is 126 g/mol. The van der Waals surface area contributed by atoms with Gasteiger partial charge >= 0.3 is 0 Å². The van der Waals surface area contributed by atoms with Gasteiger partial charge in [0, 0.05) is 19.7 Å². The summed E-state index contributed by atoms with van der Waals surface area (Å²) in [6.07, 6.45) is 0. The van der Waals surface area contributed by atoms with Crippen LogP contribution >= 0.6 is 0 Å². The van der Waals surface area contributed by atoms with Crippen LogP contribution in [-0.4, -0.2) is 36.8 Å². The number of hydrogen-bond donors (Lipinski definition) is 1. The minimum absolute atomic E-state index is 0.131. The van der Waals surface area contributed by atoms with Crippen LogP contribution in [0.15, 0.2) is 0 Å². The summed E-state index contributed by atoms with van der Waals surface area (Å²) in [7, 11) is 2.12. The minimum Gasteiger partial charge on any atom is -0.396 e. The van der Waals surface area contributed by atoms with Crippen LogP contribution in [0, 0.1) is 11.3 Å². The van der Waals surface area contributed by atoms with Gasteiger partial charge in [-0.05, 0) is 18.4 Å². The predicted octanol–water partition coefficient (Wildman–Crippen LogP) is 0.567. The van der Waals surface area contributed by atoms with Crippen molar-refractivity contribution in [1.82, 2.24) is 4.90 Å². The van der Waals surface area contributed by atoms with E-state index in [2.05, 4.69) is 25.8 Å². The number of hydrogen-bond acceptors (Lipinski definition) is 2. The highest BCUT2D eigenvalue weighted by Gasteiger charge is 2.36. The average molecular weight is 143 g/mol. The van der Waals surface area contributed by atoms with Crippen LogP contribution in [-0.2, 0) is 0 Å². The van der Waals surface area contributed by atoms with Crippen molar-refractivity contribution < 1.29 is 5.11 Å². The molecule has 1 fully saturated rings.